The smallest absolute Gasteiger partial charge is 0.135 e. The van der Waals surface area contributed by atoms with Gasteiger partial charge in [-0.15, -0.1) is 0 Å². The Bertz CT molecular complexity index is 2440. The van der Waals surface area contributed by atoms with Gasteiger partial charge in [0.2, 0.25) is 0 Å². The van der Waals surface area contributed by atoms with E-state index in [-0.39, 0.29) is 0 Å². The highest BCUT2D eigenvalue weighted by Gasteiger charge is 2.23. The van der Waals surface area contributed by atoms with Crippen LogP contribution in [0.2, 0.25) is 0 Å². The van der Waals surface area contributed by atoms with E-state index in [0.717, 1.165) is 39.0 Å². The number of rotatable bonds is 2. The number of nitriles is 1. The zero-order valence-electron chi connectivity index (χ0n) is 23.1. The van der Waals surface area contributed by atoms with Crippen molar-refractivity contribution in [1.82, 2.24) is 0 Å². The highest BCUT2D eigenvalue weighted by atomic mass is 16.5. The van der Waals surface area contributed by atoms with E-state index in [0.29, 0.717) is 5.56 Å². The largest absolute Gasteiger partial charge is 0.456 e. The summed E-state index contributed by atoms with van der Waals surface area (Å²) in [4.78, 5) is 0. The van der Waals surface area contributed by atoms with Gasteiger partial charge in [-0.3, -0.25) is 0 Å². The molecule has 43 heavy (non-hydrogen) atoms. The van der Waals surface area contributed by atoms with Crippen molar-refractivity contribution in [3.8, 4) is 50.9 Å². The van der Waals surface area contributed by atoms with E-state index in [4.69, 9.17) is 4.74 Å². The summed E-state index contributed by atoms with van der Waals surface area (Å²) in [5, 5.41) is 19.0. The SMILES string of the molecule is N#Cc1ccc2c3c(cccc13)Oc1cc(-c3c4ccccc4c(-c4cccc5ccccc45)c4ccccc34)ccc1-2. The van der Waals surface area contributed by atoms with Gasteiger partial charge in [0.1, 0.15) is 11.5 Å². The average molecular weight is 546 g/mol. The first-order valence-corrected chi connectivity index (χ1v) is 14.5. The van der Waals surface area contributed by atoms with Crippen LogP contribution in [0.1, 0.15) is 5.56 Å². The van der Waals surface area contributed by atoms with E-state index in [9.17, 15) is 5.26 Å². The lowest BCUT2D eigenvalue weighted by molar-refractivity contribution is 0.487. The Morgan fingerprint density at radius 1 is 0.442 bits per heavy atom. The van der Waals surface area contributed by atoms with Crippen LogP contribution in [-0.2, 0) is 0 Å². The minimum atomic E-state index is 0.661. The molecule has 0 N–H and O–H groups in total. The van der Waals surface area contributed by atoms with Gasteiger partial charge in [0, 0.05) is 16.3 Å². The van der Waals surface area contributed by atoms with Gasteiger partial charge in [-0.2, -0.15) is 5.26 Å². The molecule has 0 unspecified atom stereocenters. The van der Waals surface area contributed by atoms with E-state index in [2.05, 4.69) is 121 Å². The summed E-state index contributed by atoms with van der Waals surface area (Å²) in [5.74, 6) is 1.61. The van der Waals surface area contributed by atoms with Crippen LogP contribution in [0.3, 0.4) is 0 Å². The Balaban J connectivity index is 1.33. The molecule has 8 aromatic rings. The van der Waals surface area contributed by atoms with Crippen molar-refractivity contribution in [3.05, 3.63) is 145 Å². The second-order valence-corrected chi connectivity index (χ2v) is 11.1. The zero-order valence-corrected chi connectivity index (χ0v) is 23.1. The van der Waals surface area contributed by atoms with Crippen LogP contribution in [0, 0.1) is 11.3 Å². The Morgan fingerprint density at radius 2 is 1.05 bits per heavy atom. The first-order chi connectivity index (χ1) is 21.3. The molecule has 0 aliphatic carbocycles. The molecule has 2 heteroatoms. The predicted molar refractivity (Wildman–Crippen MR) is 178 cm³/mol. The van der Waals surface area contributed by atoms with Crippen LogP contribution in [-0.4, -0.2) is 0 Å². The highest BCUT2D eigenvalue weighted by molar-refractivity contribution is 6.23. The van der Waals surface area contributed by atoms with E-state index in [1.165, 1.54) is 49.0 Å². The van der Waals surface area contributed by atoms with Crippen molar-refractivity contribution in [2.45, 2.75) is 0 Å². The third kappa shape index (κ3) is 3.40. The molecule has 0 spiro atoms. The molecule has 1 aliphatic rings. The Hall–Kier alpha value is -5.91. The summed E-state index contributed by atoms with van der Waals surface area (Å²) < 4.78 is 6.57. The summed E-state index contributed by atoms with van der Waals surface area (Å²) in [6.07, 6.45) is 0. The number of ether oxygens (including phenoxy) is 1. The summed E-state index contributed by atoms with van der Waals surface area (Å²) in [6, 6.07) is 51.6. The number of benzene rings is 8. The molecule has 0 atom stereocenters. The highest BCUT2D eigenvalue weighted by Crippen LogP contribution is 2.50. The molecular formula is C41H23NO. The first-order valence-electron chi connectivity index (χ1n) is 14.5. The fraction of sp³-hybridized carbons (Fsp3) is 0. The van der Waals surface area contributed by atoms with Crippen LogP contribution in [0.4, 0.5) is 0 Å². The third-order valence-corrected chi connectivity index (χ3v) is 8.89. The van der Waals surface area contributed by atoms with Crippen molar-refractivity contribution in [1.29, 1.82) is 5.26 Å². The predicted octanol–water partition coefficient (Wildman–Crippen LogP) is 11.3. The molecule has 198 valence electrons. The van der Waals surface area contributed by atoms with Gasteiger partial charge >= 0.3 is 0 Å². The average Bonchev–Trinajstić information content (AvgIpc) is 3.07. The van der Waals surface area contributed by atoms with Crippen molar-refractivity contribution in [2.24, 2.45) is 0 Å². The monoisotopic (exact) mass is 545 g/mol. The van der Waals surface area contributed by atoms with Gasteiger partial charge < -0.3 is 4.74 Å². The first kappa shape index (κ1) is 23.8. The fourth-order valence-corrected chi connectivity index (χ4v) is 7.06. The molecule has 0 saturated carbocycles. The normalized spacial score (nSPS) is 11.9. The number of hydrogen-bond acceptors (Lipinski definition) is 2. The topological polar surface area (TPSA) is 33.0 Å². The van der Waals surface area contributed by atoms with Crippen molar-refractivity contribution < 1.29 is 4.74 Å². The molecule has 1 heterocycles. The fourth-order valence-electron chi connectivity index (χ4n) is 7.06. The maximum atomic E-state index is 9.69. The Morgan fingerprint density at radius 3 is 1.79 bits per heavy atom. The Labute approximate surface area is 248 Å². The van der Waals surface area contributed by atoms with E-state index in [1.807, 2.05) is 24.3 Å². The van der Waals surface area contributed by atoms with Crippen LogP contribution < -0.4 is 4.74 Å². The molecule has 0 amide bonds. The van der Waals surface area contributed by atoms with Gasteiger partial charge in [-0.05, 0) is 84.4 Å². The lowest BCUT2D eigenvalue weighted by atomic mass is 9.84. The summed E-state index contributed by atoms with van der Waals surface area (Å²) >= 11 is 0. The van der Waals surface area contributed by atoms with Gasteiger partial charge in [-0.25, -0.2) is 0 Å². The van der Waals surface area contributed by atoms with Crippen LogP contribution in [0.5, 0.6) is 11.5 Å². The number of hydrogen-bond donors (Lipinski definition) is 0. The maximum absolute atomic E-state index is 9.69. The molecule has 2 nitrogen and oxygen atoms in total. The lowest BCUT2D eigenvalue weighted by Gasteiger charge is -2.23. The minimum absolute atomic E-state index is 0.661. The summed E-state index contributed by atoms with van der Waals surface area (Å²) in [5.41, 5.74) is 7.61. The minimum Gasteiger partial charge on any atom is -0.456 e. The van der Waals surface area contributed by atoms with E-state index >= 15 is 0 Å². The molecule has 0 fully saturated rings. The number of nitrogens with zero attached hydrogens (tertiary/aromatic N) is 1. The molecule has 0 radical (unpaired) electrons. The van der Waals surface area contributed by atoms with E-state index in [1.54, 1.807) is 0 Å². The standard InChI is InChI=1S/C41H23NO/c42-24-27-20-22-36-30-21-19-26(23-38(30)43-37-18-8-16-29(27)41(36)37)39-32-12-3-5-14-34(32)40(35-15-6-4-13-33(35)39)31-17-7-10-25-9-1-2-11-28(25)31/h1-23H. The molecule has 1 aliphatic heterocycles. The second kappa shape index (κ2) is 9.05. The van der Waals surface area contributed by atoms with Crippen molar-refractivity contribution in [3.63, 3.8) is 0 Å². The van der Waals surface area contributed by atoms with Crippen LogP contribution in [0.15, 0.2) is 140 Å². The van der Waals surface area contributed by atoms with Crippen molar-refractivity contribution >= 4 is 43.1 Å². The van der Waals surface area contributed by atoms with Crippen LogP contribution >= 0.6 is 0 Å². The third-order valence-electron chi connectivity index (χ3n) is 8.89. The number of fused-ring (bicyclic) bond motifs is 5. The van der Waals surface area contributed by atoms with Gasteiger partial charge in [0.25, 0.3) is 0 Å². The van der Waals surface area contributed by atoms with Gasteiger partial charge in [0.05, 0.1) is 11.6 Å². The summed E-state index contributed by atoms with van der Waals surface area (Å²) in [6.45, 7) is 0. The lowest BCUT2D eigenvalue weighted by Crippen LogP contribution is -1.99. The van der Waals surface area contributed by atoms with Crippen molar-refractivity contribution in [2.75, 3.05) is 0 Å². The molecule has 9 rings (SSSR count). The summed E-state index contributed by atoms with van der Waals surface area (Å²) in [7, 11) is 0. The molecule has 8 aromatic carbocycles. The second-order valence-electron chi connectivity index (χ2n) is 11.1. The van der Waals surface area contributed by atoms with Crippen LogP contribution in [0.25, 0.3) is 76.5 Å². The molecule has 0 bridgehead atoms. The molecular weight excluding hydrogens is 522 g/mol. The van der Waals surface area contributed by atoms with Gasteiger partial charge in [-0.1, -0.05) is 115 Å². The quantitative estimate of drug-likeness (QED) is 0.202. The molecule has 0 saturated heterocycles. The van der Waals surface area contributed by atoms with Gasteiger partial charge in [0.15, 0.2) is 0 Å². The maximum Gasteiger partial charge on any atom is 0.135 e. The van der Waals surface area contributed by atoms with E-state index < -0.39 is 0 Å². The molecule has 0 aromatic heterocycles. The zero-order chi connectivity index (χ0) is 28.5. The Kier molecular flexibility index (Phi) is 5.00.